The van der Waals surface area contributed by atoms with Gasteiger partial charge in [0, 0.05) is 32.5 Å². The number of amides is 1. The van der Waals surface area contributed by atoms with E-state index in [0.29, 0.717) is 12.3 Å². The van der Waals surface area contributed by atoms with Gasteiger partial charge in [-0.15, -0.1) is 0 Å². The van der Waals surface area contributed by atoms with E-state index in [9.17, 15) is 4.79 Å². The maximum Gasteiger partial charge on any atom is 0.223 e. The van der Waals surface area contributed by atoms with Crippen molar-refractivity contribution in [1.82, 2.24) is 14.5 Å². The zero-order chi connectivity index (χ0) is 19.0. The van der Waals surface area contributed by atoms with Crippen LogP contribution >= 0.6 is 0 Å². The van der Waals surface area contributed by atoms with Gasteiger partial charge in [0.05, 0.1) is 11.0 Å². The SMILES string of the molecule is CC[C@H](C)c1ccc(Cn2c([C@@H]3CC(=O)N(C)C3)nc3ccccc32)cc1. The lowest BCUT2D eigenvalue weighted by molar-refractivity contribution is -0.126. The highest BCUT2D eigenvalue weighted by molar-refractivity contribution is 5.80. The molecule has 0 spiro atoms. The van der Waals surface area contributed by atoms with Crippen LogP contribution in [-0.4, -0.2) is 34.0 Å². The molecular formula is C23H27N3O. The monoisotopic (exact) mass is 361 g/mol. The van der Waals surface area contributed by atoms with Gasteiger partial charge >= 0.3 is 0 Å². The second kappa shape index (κ2) is 7.18. The molecule has 27 heavy (non-hydrogen) atoms. The van der Waals surface area contributed by atoms with E-state index in [-0.39, 0.29) is 11.8 Å². The largest absolute Gasteiger partial charge is 0.345 e. The fourth-order valence-corrected chi connectivity index (χ4v) is 3.98. The molecular weight excluding hydrogens is 334 g/mol. The van der Waals surface area contributed by atoms with E-state index in [0.717, 1.165) is 36.4 Å². The molecule has 2 heterocycles. The minimum absolute atomic E-state index is 0.161. The molecule has 4 rings (SSSR count). The number of para-hydroxylation sites is 2. The van der Waals surface area contributed by atoms with Gasteiger partial charge in [-0.1, -0.05) is 50.2 Å². The summed E-state index contributed by atoms with van der Waals surface area (Å²) in [5, 5.41) is 0. The molecule has 1 fully saturated rings. The average Bonchev–Trinajstić information content (AvgIpc) is 3.22. The average molecular weight is 361 g/mol. The Morgan fingerprint density at radius 3 is 2.56 bits per heavy atom. The number of fused-ring (bicyclic) bond motifs is 1. The minimum Gasteiger partial charge on any atom is -0.345 e. The topological polar surface area (TPSA) is 38.1 Å². The van der Waals surface area contributed by atoms with Gasteiger partial charge in [-0.3, -0.25) is 4.79 Å². The van der Waals surface area contributed by atoms with Crippen LogP contribution < -0.4 is 0 Å². The molecule has 4 nitrogen and oxygen atoms in total. The summed E-state index contributed by atoms with van der Waals surface area (Å²) in [5.41, 5.74) is 4.80. The lowest BCUT2D eigenvalue weighted by Gasteiger charge is -2.15. The molecule has 3 aromatic rings. The van der Waals surface area contributed by atoms with Crippen LogP contribution in [0.1, 0.15) is 55.5 Å². The summed E-state index contributed by atoms with van der Waals surface area (Å²) < 4.78 is 2.30. The first-order chi connectivity index (χ1) is 13.1. The summed E-state index contributed by atoms with van der Waals surface area (Å²) in [6.45, 7) is 6.02. The van der Waals surface area contributed by atoms with Gasteiger partial charge in [0.2, 0.25) is 5.91 Å². The van der Waals surface area contributed by atoms with Gasteiger partial charge in [-0.25, -0.2) is 4.98 Å². The van der Waals surface area contributed by atoms with Gasteiger partial charge in [0.1, 0.15) is 5.82 Å². The number of nitrogens with zero attached hydrogens (tertiary/aromatic N) is 3. The normalized spacial score (nSPS) is 18.4. The highest BCUT2D eigenvalue weighted by Crippen LogP contribution is 2.30. The van der Waals surface area contributed by atoms with E-state index in [1.165, 1.54) is 11.1 Å². The number of likely N-dealkylation sites (tertiary alicyclic amines) is 1. The first-order valence-corrected chi connectivity index (χ1v) is 9.84. The summed E-state index contributed by atoms with van der Waals surface area (Å²) >= 11 is 0. The molecule has 1 aliphatic heterocycles. The van der Waals surface area contributed by atoms with Crippen molar-refractivity contribution in [3.63, 3.8) is 0 Å². The Morgan fingerprint density at radius 2 is 1.89 bits per heavy atom. The number of benzene rings is 2. The van der Waals surface area contributed by atoms with Crippen molar-refractivity contribution in [2.45, 2.75) is 45.1 Å². The van der Waals surface area contributed by atoms with Crippen molar-refractivity contribution >= 4 is 16.9 Å². The van der Waals surface area contributed by atoms with E-state index < -0.39 is 0 Å². The lowest BCUT2D eigenvalue weighted by Crippen LogP contribution is -2.19. The molecule has 2 atom stereocenters. The summed E-state index contributed by atoms with van der Waals surface area (Å²) in [6.07, 6.45) is 1.70. The van der Waals surface area contributed by atoms with Crippen molar-refractivity contribution < 1.29 is 4.79 Å². The Morgan fingerprint density at radius 1 is 1.15 bits per heavy atom. The van der Waals surface area contributed by atoms with Crippen LogP contribution in [0.4, 0.5) is 0 Å². The zero-order valence-electron chi connectivity index (χ0n) is 16.4. The Kier molecular flexibility index (Phi) is 4.73. The van der Waals surface area contributed by atoms with Gasteiger partial charge in [-0.2, -0.15) is 0 Å². The maximum atomic E-state index is 12.1. The molecule has 0 radical (unpaired) electrons. The number of imidazole rings is 1. The van der Waals surface area contributed by atoms with Gasteiger partial charge in [-0.05, 0) is 35.6 Å². The molecule has 1 amide bonds. The predicted molar refractivity (Wildman–Crippen MR) is 109 cm³/mol. The van der Waals surface area contributed by atoms with Gasteiger partial charge < -0.3 is 9.47 Å². The van der Waals surface area contributed by atoms with E-state index in [4.69, 9.17) is 4.98 Å². The molecule has 4 heteroatoms. The number of rotatable bonds is 5. The van der Waals surface area contributed by atoms with Crippen LogP contribution in [0.3, 0.4) is 0 Å². The van der Waals surface area contributed by atoms with E-state index >= 15 is 0 Å². The summed E-state index contributed by atoms with van der Waals surface area (Å²) in [5.74, 6) is 1.98. The Labute approximate surface area is 160 Å². The molecule has 0 N–H and O–H groups in total. The number of aromatic nitrogens is 2. The van der Waals surface area contributed by atoms with Crippen molar-refractivity contribution in [1.29, 1.82) is 0 Å². The number of hydrogen-bond donors (Lipinski definition) is 0. The highest BCUT2D eigenvalue weighted by atomic mass is 16.2. The predicted octanol–water partition coefficient (Wildman–Crippen LogP) is 4.54. The van der Waals surface area contributed by atoms with Crippen LogP contribution in [0, 0.1) is 0 Å². The molecule has 0 unspecified atom stereocenters. The fourth-order valence-electron chi connectivity index (χ4n) is 3.98. The third kappa shape index (κ3) is 3.36. The number of carbonyl (C=O) groups is 1. The van der Waals surface area contributed by atoms with E-state index in [1.54, 1.807) is 0 Å². The van der Waals surface area contributed by atoms with Crippen molar-refractivity contribution in [2.24, 2.45) is 0 Å². The fraction of sp³-hybridized carbons (Fsp3) is 0.391. The standard InChI is InChI=1S/C23H27N3O/c1-4-16(2)18-11-9-17(10-12-18)14-26-21-8-6-5-7-20(21)24-23(26)19-13-22(27)25(3)15-19/h5-12,16,19H,4,13-15H2,1-3H3/t16-,19+/m0/s1. The molecule has 0 bridgehead atoms. The Bertz CT molecular complexity index is 957. The van der Waals surface area contributed by atoms with Crippen LogP contribution in [0.25, 0.3) is 11.0 Å². The van der Waals surface area contributed by atoms with Crippen LogP contribution in [0.5, 0.6) is 0 Å². The van der Waals surface area contributed by atoms with Crippen LogP contribution in [0.15, 0.2) is 48.5 Å². The van der Waals surface area contributed by atoms with Crippen molar-refractivity contribution in [3.05, 3.63) is 65.5 Å². The van der Waals surface area contributed by atoms with Crippen LogP contribution in [-0.2, 0) is 11.3 Å². The van der Waals surface area contributed by atoms with E-state index in [2.05, 4.69) is 60.9 Å². The number of carbonyl (C=O) groups excluding carboxylic acids is 1. The first kappa shape index (κ1) is 17.8. The zero-order valence-corrected chi connectivity index (χ0v) is 16.4. The van der Waals surface area contributed by atoms with Crippen molar-refractivity contribution in [2.75, 3.05) is 13.6 Å². The maximum absolute atomic E-state index is 12.1. The van der Waals surface area contributed by atoms with Crippen molar-refractivity contribution in [3.8, 4) is 0 Å². The second-order valence-corrected chi connectivity index (χ2v) is 7.77. The van der Waals surface area contributed by atoms with Crippen LogP contribution in [0.2, 0.25) is 0 Å². The summed E-state index contributed by atoms with van der Waals surface area (Å²) in [7, 11) is 1.88. The first-order valence-electron chi connectivity index (χ1n) is 9.84. The summed E-state index contributed by atoms with van der Waals surface area (Å²) in [6, 6.07) is 17.2. The Hall–Kier alpha value is -2.62. The Balaban J connectivity index is 1.70. The number of likely N-dealkylation sites (N-methyl/N-ethyl adjacent to an activating group) is 1. The molecule has 140 valence electrons. The molecule has 2 aromatic carbocycles. The second-order valence-electron chi connectivity index (χ2n) is 7.77. The van der Waals surface area contributed by atoms with E-state index in [1.807, 2.05) is 18.0 Å². The molecule has 1 saturated heterocycles. The highest BCUT2D eigenvalue weighted by Gasteiger charge is 2.31. The molecule has 0 aliphatic carbocycles. The smallest absolute Gasteiger partial charge is 0.223 e. The lowest BCUT2D eigenvalue weighted by atomic mass is 9.97. The molecule has 0 saturated carbocycles. The third-order valence-corrected chi connectivity index (χ3v) is 5.89. The molecule has 1 aromatic heterocycles. The molecule has 1 aliphatic rings. The van der Waals surface area contributed by atoms with Gasteiger partial charge in [0.25, 0.3) is 0 Å². The summed E-state index contributed by atoms with van der Waals surface area (Å²) in [4.78, 5) is 18.8. The van der Waals surface area contributed by atoms with Gasteiger partial charge in [0.15, 0.2) is 0 Å². The third-order valence-electron chi connectivity index (χ3n) is 5.89. The number of hydrogen-bond acceptors (Lipinski definition) is 2. The minimum atomic E-state index is 0.161. The quantitative estimate of drug-likeness (QED) is 0.669.